The molecule has 0 bridgehead atoms. The number of nitrogens with zero attached hydrogens (tertiary/aromatic N) is 1. The van der Waals surface area contributed by atoms with Gasteiger partial charge in [-0.2, -0.15) is 0 Å². The number of amides is 2. The Hall–Kier alpha value is -0.770. The second kappa shape index (κ2) is 7.49. The molecule has 0 heterocycles. The molecule has 1 fully saturated rings. The standard InChI is InChI=1S/C12H25N3O/c1-2-9-14-12(16)15(10-8-13)11-6-4-3-5-7-11/h11H,2-10,13H2,1H3,(H,14,16). The Labute approximate surface area is 98.6 Å². The van der Waals surface area contributed by atoms with Gasteiger partial charge in [0.05, 0.1) is 0 Å². The first-order valence-corrected chi connectivity index (χ1v) is 6.54. The summed E-state index contributed by atoms with van der Waals surface area (Å²) in [5.74, 6) is 0. The number of nitrogens with one attached hydrogen (secondary N) is 1. The molecule has 0 aromatic carbocycles. The van der Waals surface area contributed by atoms with E-state index in [0.717, 1.165) is 25.8 Å². The number of hydrogen-bond donors (Lipinski definition) is 2. The number of nitrogens with two attached hydrogens (primary N) is 1. The quantitative estimate of drug-likeness (QED) is 0.751. The van der Waals surface area contributed by atoms with Gasteiger partial charge in [0.2, 0.25) is 0 Å². The molecule has 4 nitrogen and oxygen atoms in total. The minimum atomic E-state index is 0.0687. The summed E-state index contributed by atoms with van der Waals surface area (Å²) in [6, 6.07) is 0.480. The van der Waals surface area contributed by atoms with E-state index in [2.05, 4.69) is 12.2 Å². The van der Waals surface area contributed by atoms with E-state index in [1.807, 2.05) is 4.90 Å². The van der Waals surface area contributed by atoms with Gasteiger partial charge in [-0.25, -0.2) is 4.79 Å². The topological polar surface area (TPSA) is 58.4 Å². The Morgan fingerprint density at radius 3 is 2.62 bits per heavy atom. The summed E-state index contributed by atoms with van der Waals surface area (Å²) in [5.41, 5.74) is 5.58. The fourth-order valence-electron chi connectivity index (χ4n) is 2.32. The second-order valence-corrected chi connectivity index (χ2v) is 4.51. The lowest BCUT2D eigenvalue weighted by Gasteiger charge is -2.34. The monoisotopic (exact) mass is 227 g/mol. The lowest BCUT2D eigenvalue weighted by Crippen LogP contribution is -2.49. The highest BCUT2D eigenvalue weighted by Gasteiger charge is 2.24. The van der Waals surface area contributed by atoms with Crippen molar-refractivity contribution in [2.24, 2.45) is 5.73 Å². The summed E-state index contributed by atoms with van der Waals surface area (Å²) in [6.45, 7) is 4.05. The zero-order chi connectivity index (χ0) is 11.8. The molecule has 0 radical (unpaired) electrons. The molecule has 94 valence electrons. The summed E-state index contributed by atoms with van der Waals surface area (Å²) in [5, 5.41) is 2.95. The predicted molar refractivity (Wildman–Crippen MR) is 66.3 cm³/mol. The van der Waals surface area contributed by atoms with Crippen molar-refractivity contribution in [2.45, 2.75) is 51.5 Å². The van der Waals surface area contributed by atoms with Crippen LogP contribution in [0.3, 0.4) is 0 Å². The third kappa shape index (κ3) is 4.00. The van der Waals surface area contributed by atoms with Gasteiger partial charge in [-0.1, -0.05) is 26.2 Å². The van der Waals surface area contributed by atoms with Gasteiger partial charge in [-0.05, 0) is 19.3 Å². The molecule has 2 amide bonds. The van der Waals surface area contributed by atoms with E-state index in [4.69, 9.17) is 5.73 Å². The van der Waals surface area contributed by atoms with E-state index in [1.54, 1.807) is 0 Å². The van der Waals surface area contributed by atoms with Gasteiger partial charge in [0.25, 0.3) is 0 Å². The van der Waals surface area contributed by atoms with Crippen LogP contribution in [-0.2, 0) is 0 Å². The maximum atomic E-state index is 12.0. The molecule has 0 saturated heterocycles. The average Bonchev–Trinajstić information content (AvgIpc) is 2.34. The van der Waals surface area contributed by atoms with Gasteiger partial charge in [0, 0.05) is 25.7 Å². The largest absolute Gasteiger partial charge is 0.338 e. The van der Waals surface area contributed by atoms with Crippen LogP contribution < -0.4 is 11.1 Å². The summed E-state index contributed by atoms with van der Waals surface area (Å²) in [7, 11) is 0. The third-order valence-corrected chi connectivity index (χ3v) is 3.17. The third-order valence-electron chi connectivity index (χ3n) is 3.17. The van der Waals surface area contributed by atoms with Crippen LogP contribution in [0.5, 0.6) is 0 Å². The van der Waals surface area contributed by atoms with Crippen LogP contribution in [0.2, 0.25) is 0 Å². The SMILES string of the molecule is CCCNC(=O)N(CCN)C1CCCCC1. The molecule has 0 spiro atoms. The zero-order valence-electron chi connectivity index (χ0n) is 10.4. The molecule has 1 rings (SSSR count). The molecule has 0 aromatic heterocycles. The highest BCUT2D eigenvalue weighted by atomic mass is 16.2. The van der Waals surface area contributed by atoms with Crippen LogP contribution in [0, 0.1) is 0 Å². The average molecular weight is 227 g/mol. The predicted octanol–water partition coefficient (Wildman–Crippen LogP) is 1.70. The fraction of sp³-hybridized carbons (Fsp3) is 0.917. The van der Waals surface area contributed by atoms with Gasteiger partial charge in [-0.15, -0.1) is 0 Å². The molecule has 0 aliphatic heterocycles. The molecular formula is C12H25N3O. The van der Waals surface area contributed by atoms with Crippen molar-refractivity contribution < 1.29 is 4.79 Å². The Morgan fingerprint density at radius 1 is 1.38 bits per heavy atom. The van der Waals surface area contributed by atoms with E-state index < -0.39 is 0 Å². The van der Waals surface area contributed by atoms with Crippen molar-refractivity contribution in [1.82, 2.24) is 10.2 Å². The Morgan fingerprint density at radius 2 is 2.06 bits per heavy atom. The first-order valence-electron chi connectivity index (χ1n) is 6.54. The number of hydrogen-bond acceptors (Lipinski definition) is 2. The summed E-state index contributed by atoms with van der Waals surface area (Å²) >= 11 is 0. The summed E-state index contributed by atoms with van der Waals surface area (Å²) in [6.07, 6.45) is 7.05. The molecule has 16 heavy (non-hydrogen) atoms. The van der Waals surface area contributed by atoms with Crippen LogP contribution in [0.1, 0.15) is 45.4 Å². The molecule has 1 aliphatic carbocycles. The molecule has 3 N–H and O–H groups in total. The molecule has 0 atom stereocenters. The van der Waals surface area contributed by atoms with E-state index in [0.29, 0.717) is 19.1 Å². The Kier molecular flexibility index (Phi) is 6.23. The van der Waals surface area contributed by atoms with Crippen molar-refractivity contribution in [2.75, 3.05) is 19.6 Å². The molecule has 0 aromatic rings. The smallest absolute Gasteiger partial charge is 0.317 e. The molecule has 4 heteroatoms. The fourth-order valence-corrected chi connectivity index (χ4v) is 2.32. The van der Waals surface area contributed by atoms with Gasteiger partial charge >= 0.3 is 6.03 Å². The van der Waals surface area contributed by atoms with Crippen LogP contribution in [0.4, 0.5) is 4.79 Å². The second-order valence-electron chi connectivity index (χ2n) is 4.51. The minimum Gasteiger partial charge on any atom is -0.338 e. The number of carbonyl (C=O) groups excluding carboxylic acids is 1. The molecule has 1 aliphatic rings. The Bertz CT molecular complexity index is 202. The van der Waals surface area contributed by atoms with Crippen LogP contribution >= 0.6 is 0 Å². The van der Waals surface area contributed by atoms with E-state index in [1.165, 1.54) is 19.3 Å². The van der Waals surface area contributed by atoms with E-state index in [9.17, 15) is 4.79 Å². The van der Waals surface area contributed by atoms with E-state index in [-0.39, 0.29) is 6.03 Å². The van der Waals surface area contributed by atoms with Crippen molar-refractivity contribution in [3.63, 3.8) is 0 Å². The van der Waals surface area contributed by atoms with Gasteiger partial charge in [0.15, 0.2) is 0 Å². The minimum absolute atomic E-state index is 0.0687. The van der Waals surface area contributed by atoms with E-state index >= 15 is 0 Å². The maximum absolute atomic E-state index is 12.0. The van der Waals surface area contributed by atoms with Crippen molar-refractivity contribution >= 4 is 6.03 Å². The van der Waals surface area contributed by atoms with Crippen LogP contribution in [0.25, 0.3) is 0 Å². The van der Waals surface area contributed by atoms with Crippen molar-refractivity contribution in [1.29, 1.82) is 0 Å². The van der Waals surface area contributed by atoms with Crippen molar-refractivity contribution in [3.8, 4) is 0 Å². The normalized spacial score (nSPS) is 17.1. The first-order chi connectivity index (χ1) is 7.79. The number of carbonyl (C=O) groups is 1. The first kappa shape index (κ1) is 13.3. The molecule has 0 unspecified atom stereocenters. The number of rotatable bonds is 5. The van der Waals surface area contributed by atoms with Crippen LogP contribution in [-0.4, -0.2) is 36.6 Å². The number of urea groups is 1. The van der Waals surface area contributed by atoms with Gasteiger partial charge in [0.1, 0.15) is 0 Å². The highest BCUT2D eigenvalue weighted by molar-refractivity contribution is 5.74. The van der Waals surface area contributed by atoms with Gasteiger partial charge in [-0.3, -0.25) is 0 Å². The Balaban J connectivity index is 2.47. The van der Waals surface area contributed by atoms with Crippen LogP contribution in [0.15, 0.2) is 0 Å². The van der Waals surface area contributed by atoms with Crippen molar-refractivity contribution in [3.05, 3.63) is 0 Å². The molecular weight excluding hydrogens is 202 g/mol. The lowest BCUT2D eigenvalue weighted by molar-refractivity contribution is 0.158. The highest BCUT2D eigenvalue weighted by Crippen LogP contribution is 2.22. The molecule has 1 saturated carbocycles. The summed E-state index contributed by atoms with van der Waals surface area (Å²) in [4.78, 5) is 13.9. The van der Waals surface area contributed by atoms with Gasteiger partial charge < -0.3 is 16.0 Å². The maximum Gasteiger partial charge on any atom is 0.317 e. The zero-order valence-corrected chi connectivity index (χ0v) is 10.4. The lowest BCUT2D eigenvalue weighted by atomic mass is 9.94. The summed E-state index contributed by atoms with van der Waals surface area (Å²) < 4.78 is 0.